The van der Waals surface area contributed by atoms with Gasteiger partial charge in [-0.2, -0.15) is 0 Å². The molecule has 0 unspecified atom stereocenters. The van der Waals surface area contributed by atoms with E-state index >= 15 is 0 Å². The van der Waals surface area contributed by atoms with Gasteiger partial charge in [-0.25, -0.2) is 4.98 Å². The van der Waals surface area contributed by atoms with E-state index in [1.807, 2.05) is 10.8 Å². The molecule has 1 amide bonds. The normalized spacial score (nSPS) is 13.5. The van der Waals surface area contributed by atoms with E-state index in [2.05, 4.69) is 58.8 Å². The van der Waals surface area contributed by atoms with Gasteiger partial charge in [0.05, 0.1) is 6.33 Å². The summed E-state index contributed by atoms with van der Waals surface area (Å²) in [6.07, 6.45) is 9.01. The highest BCUT2D eigenvalue weighted by atomic mass is 16.1. The average Bonchev–Trinajstić information content (AvgIpc) is 3.17. The lowest BCUT2D eigenvalue weighted by Crippen LogP contribution is -2.27. The lowest BCUT2D eigenvalue weighted by molar-refractivity contribution is -0.121. The molecule has 0 bridgehead atoms. The Balaban J connectivity index is 1.45. The lowest BCUT2D eigenvalue weighted by Gasteiger charge is -2.20. The molecule has 138 valence electrons. The number of carbonyl (C=O) groups is 1. The second-order valence-corrected chi connectivity index (χ2v) is 7.16. The number of imidazole rings is 1. The van der Waals surface area contributed by atoms with Gasteiger partial charge >= 0.3 is 0 Å². The van der Waals surface area contributed by atoms with Crippen LogP contribution in [0.15, 0.2) is 67.3 Å². The van der Waals surface area contributed by atoms with E-state index in [9.17, 15) is 4.79 Å². The first kappa shape index (κ1) is 17.5. The Morgan fingerprint density at radius 1 is 1.04 bits per heavy atom. The van der Waals surface area contributed by atoms with Gasteiger partial charge in [0.1, 0.15) is 0 Å². The average molecular weight is 359 g/mol. The van der Waals surface area contributed by atoms with E-state index in [4.69, 9.17) is 0 Å². The molecule has 1 heterocycles. The number of aromatic nitrogens is 2. The highest BCUT2D eigenvalue weighted by molar-refractivity contribution is 5.77. The number of hydrogen-bond acceptors (Lipinski definition) is 2. The van der Waals surface area contributed by atoms with Crippen molar-refractivity contribution in [1.29, 1.82) is 0 Å². The van der Waals surface area contributed by atoms with Crippen LogP contribution in [0.2, 0.25) is 0 Å². The molecule has 0 fully saturated rings. The number of amides is 1. The van der Waals surface area contributed by atoms with Gasteiger partial charge in [0, 0.05) is 37.8 Å². The number of nitrogens with one attached hydrogen (secondary N) is 1. The number of fused-ring (bicyclic) bond motifs is 2. The zero-order valence-corrected chi connectivity index (χ0v) is 15.5. The first-order valence-electron chi connectivity index (χ1n) is 9.69. The Morgan fingerprint density at radius 2 is 1.70 bits per heavy atom. The Morgan fingerprint density at radius 3 is 2.33 bits per heavy atom. The van der Waals surface area contributed by atoms with E-state index < -0.39 is 0 Å². The third-order valence-electron chi connectivity index (χ3n) is 5.39. The summed E-state index contributed by atoms with van der Waals surface area (Å²) in [6, 6.07) is 17.2. The van der Waals surface area contributed by atoms with Crippen LogP contribution in [0.3, 0.4) is 0 Å². The van der Waals surface area contributed by atoms with Crippen molar-refractivity contribution in [2.24, 2.45) is 0 Å². The first-order chi connectivity index (χ1) is 13.3. The van der Waals surface area contributed by atoms with E-state index in [0.29, 0.717) is 13.0 Å². The molecule has 1 N–H and O–H groups in total. The van der Waals surface area contributed by atoms with Gasteiger partial charge in [-0.15, -0.1) is 0 Å². The van der Waals surface area contributed by atoms with Gasteiger partial charge in [-0.05, 0) is 41.5 Å². The lowest BCUT2D eigenvalue weighted by atomic mass is 9.85. The topological polar surface area (TPSA) is 46.9 Å². The maximum absolute atomic E-state index is 12.7. The molecule has 0 aliphatic heterocycles. The molecule has 3 aromatic rings. The first-order valence-corrected chi connectivity index (χ1v) is 9.69. The molecule has 1 aliphatic rings. The van der Waals surface area contributed by atoms with Crippen LogP contribution in [0.4, 0.5) is 0 Å². The number of aryl methyl sites for hydroxylation is 3. The summed E-state index contributed by atoms with van der Waals surface area (Å²) < 4.78 is 2.03. The van der Waals surface area contributed by atoms with Crippen LogP contribution in [0, 0.1) is 0 Å². The third kappa shape index (κ3) is 4.11. The third-order valence-corrected chi connectivity index (χ3v) is 5.39. The number of benzene rings is 2. The summed E-state index contributed by atoms with van der Waals surface area (Å²) in [7, 11) is 0. The summed E-state index contributed by atoms with van der Waals surface area (Å²) in [4.78, 5) is 16.7. The summed E-state index contributed by atoms with van der Waals surface area (Å²) >= 11 is 0. The van der Waals surface area contributed by atoms with Gasteiger partial charge in [0.25, 0.3) is 0 Å². The molecule has 0 saturated heterocycles. The molecule has 0 atom stereocenters. The molecular weight excluding hydrogens is 334 g/mol. The molecule has 0 radical (unpaired) electrons. The standard InChI is InChI=1S/C23H25N3O/c27-23(25-12-5-14-26-15-13-24-17-26)16-22-20-8-3-1-6-18(20)10-11-19-7-2-4-9-21(19)22/h1-4,6-9,13,15,17,22H,5,10-12,14,16H2,(H,25,27). The smallest absolute Gasteiger partial charge is 0.220 e. The molecular formula is C23H25N3O. The van der Waals surface area contributed by atoms with Crippen molar-refractivity contribution in [3.05, 3.63) is 89.5 Å². The van der Waals surface area contributed by atoms with Gasteiger partial charge in [0.2, 0.25) is 5.91 Å². The number of carbonyl (C=O) groups excluding carboxylic acids is 1. The van der Waals surface area contributed by atoms with Gasteiger partial charge < -0.3 is 9.88 Å². The zero-order valence-electron chi connectivity index (χ0n) is 15.5. The van der Waals surface area contributed by atoms with Crippen molar-refractivity contribution in [3.63, 3.8) is 0 Å². The van der Waals surface area contributed by atoms with Crippen LogP contribution < -0.4 is 5.32 Å². The SMILES string of the molecule is O=C(CC1c2ccccc2CCc2ccccc21)NCCCn1ccnc1. The molecule has 1 aliphatic carbocycles. The molecule has 27 heavy (non-hydrogen) atoms. The Labute approximate surface area is 160 Å². The number of nitrogens with zero attached hydrogens (tertiary/aromatic N) is 2. The fourth-order valence-corrected chi connectivity index (χ4v) is 4.03. The quantitative estimate of drug-likeness (QED) is 0.682. The highest BCUT2D eigenvalue weighted by Crippen LogP contribution is 2.36. The van der Waals surface area contributed by atoms with Crippen molar-refractivity contribution >= 4 is 5.91 Å². The number of rotatable bonds is 6. The minimum atomic E-state index is 0.122. The molecule has 2 aromatic carbocycles. The molecule has 4 heteroatoms. The maximum atomic E-state index is 12.7. The van der Waals surface area contributed by atoms with Crippen LogP contribution in [-0.4, -0.2) is 22.0 Å². The molecule has 0 saturated carbocycles. The highest BCUT2D eigenvalue weighted by Gasteiger charge is 2.25. The van der Waals surface area contributed by atoms with Gasteiger partial charge in [0.15, 0.2) is 0 Å². The Kier molecular flexibility index (Phi) is 5.33. The van der Waals surface area contributed by atoms with Crippen LogP contribution in [0.1, 0.15) is 41.0 Å². The monoisotopic (exact) mass is 359 g/mol. The van der Waals surface area contributed by atoms with E-state index in [1.54, 1.807) is 12.5 Å². The van der Waals surface area contributed by atoms with Crippen molar-refractivity contribution in [2.75, 3.05) is 6.54 Å². The van der Waals surface area contributed by atoms with Crippen molar-refractivity contribution in [3.8, 4) is 0 Å². The van der Waals surface area contributed by atoms with Gasteiger partial charge in [-0.3, -0.25) is 4.79 Å². The summed E-state index contributed by atoms with van der Waals surface area (Å²) in [6.45, 7) is 1.56. The Hall–Kier alpha value is -2.88. The predicted molar refractivity (Wildman–Crippen MR) is 107 cm³/mol. The van der Waals surface area contributed by atoms with Crippen LogP contribution in [-0.2, 0) is 24.2 Å². The minimum Gasteiger partial charge on any atom is -0.356 e. The molecule has 1 aromatic heterocycles. The number of hydrogen-bond donors (Lipinski definition) is 1. The maximum Gasteiger partial charge on any atom is 0.220 e. The molecule has 0 spiro atoms. The van der Waals surface area contributed by atoms with Crippen LogP contribution >= 0.6 is 0 Å². The molecule has 4 nitrogen and oxygen atoms in total. The van der Waals surface area contributed by atoms with Crippen molar-refractivity contribution in [1.82, 2.24) is 14.9 Å². The fourth-order valence-electron chi connectivity index (χ4n) is 4.03. The fraction of sp³-hybridized carbons (Fsp3) is 0.304. The minimum absolute atomic E-state index is 0.122. The van der Waals surface area contributed by atoms with E-state index in [-0.39, 0.29) is 11.8 Å². The summed E-state index contributed by atoms with van der Waals surface area (Å²) in [5.74, 6) is 0.255. The molecule has 4 rings (SSSR count). The van der Waals surface area contributed by atoms with E-state index in [0.717, 1.165) is 25.8 Å². The summed E-state index contributed by atoms with van der Waals surface area (Å²) in [5, 5.41) is 3.10. The van der Waals surface area contributed by atoms with Crippen molar-refractivity contribution in [2.45, 2.75) is 38.1 Å². The van der Waals surface area contributed by atoms with Crippen LogP contribution in [0.25, 0.3) is 0 Å². The van der Waals surface area contributed by atoms with Crippen LogP contribution in [0.5, 0.6) is 0 Å². The second kappa shape index (κ2) is 8.21. The predicted octanol–water partition coefficient (Wildman–Crippen LogP) is 3.71. The van der Waals surface area contributed by atoms with Gasteiger partial charge in [-0.1, -0.05) is 48.5 Å². The summed E-state index contributed by atoms with van der Waals surface area (Å²) in [5.41, 5.74) is 5.34. The van der Waals surface area contributed by atoms with Crippen molar-refractivity contribution < 1.29 is 4.79 Å². The second-order valence-electron chi connectivity index (χ2n) is 7.16. The van der Waals surface area contributed by atoms with E-state index in [1.165, 1.54) is 22.3 Å². The largest absolute Gasteiger partial charge is 0.356 e. The Bertz CT molecular complexity index is 854. The zero-order chi connectivity index (χ0) is 18.5.